The van der Waals surface area contributed by atoms with Crippen molar-refractivity contribution in [3.63, 3.8) is 0 Å². The molecule has 118 valence electrons. The van der Waals surface area contributed by atoms with Crippen LogP contribution in [0.4, 0.5) is 4.39 Å². The molecule has 0 aromatic carbocycles. The fourth-order valence-electron chi connectivity index (χ4n) is 2.60. The Morgan fingerprint density at radius 1 is 1.00 bits per heavy atom. The fraction of sp³-hybridized carbons (Fsp3) is 0.474. The predicted molar refractivity (Wildman–Crippen MR) is 88.6 cm³/mol. The first kappa shape index (κ1) is 16.6. The van der Waals surface area contributed by atoms with E-state index in [1.54, 1.807) is 12.3 Å². The smallest absolute Gasteiger partial charge is 0.145 e. The van der Waals surface area contributed by atoms with Gasteiger partial charge in [-0.1, -0.05) is 40.7 Å². The summed E-state index contributed by atoms with van der Waals surface area (Å²) in [6, 6.07) is 5.72. The Labute approximate surface area is 132 Å². The number of hydrogen-bond donors (Lipinski definition) is 0. The molecule has 0 aliphatic rings. The van der Waals surface area contributed by atoms with E-state index in [2.05, 4.69) is 29.9 Å². The maximum atomic E-state index is 14.3. The molecule has 2 aromatic heterocycles. The normalized spacial score (nSPS) is 12.5. The summed E-state index contributed by atoms with van der Waals surface area (Å²) in [5.74, 6) is -0.224. The Hall–Kier alpha value is -1.77. The highest BCUT2D eigenvalue weighted by molar-refractivity contribution is 5.26. The lowest BCUT2D eigenvalue weighted by molar-refractivity contribution is 0.485. The number of halogens is 1. The monoisotopic (exact) mass is 300 g/mol. The third-order valence-electron chi connectivity index (χ3n) is 3.86. The summed E-state index contributed by atoms with van der Waals surface area (Å²) in [5.41, 5.74) is 3.13. The first-order valence-electron chi connectivity index (χ1n) is 7.68. The van der Waals surface area contributed by atoms with Crippen molar-refractivity contribution in [2.75, 3.05) is 0 Å². The van der Waals surface area contributed by atoms with Gasteiger partial charge in [-0.05, 0) is 36.6 Å². The van der Waals surface area contributed by atoms with Gasteiger partial charge in [-0.25, -0.2) is 4.39 Å². The van der Waals surface area contributed by atoms with Gasteiger partial charge in [0.1, 0.15) is 5.82 Å². The standard InChI is InChI=1S/C19H25FN2/c1-13-7-8-16(21-11-13)19(5,6)10-14-9-15(20)17(22-12-14)18(2,3)4/h7-9,11-12H,10H2,1-6H3. The van der Waals surface area contributed by atoms with Crippen LogP contribution < -0.4 is 0 Å². The molecule has 2 aromatic rings. The zero-order chi connectivity index (χ0) is 16.5. The largest absolute Gasteiger partial charge is 0.260 e. The summed E-state index contributed by atoms with van der Waals surface area (Å²) in [6.45, 7) is 12.2. The molecule has 0 unspecified atom stereocenters. The molecule has 0 atom stereocenters. The van der Waals surface area contributed by atoms with E-state index in [1.807, 2.05) is 40.0 Å². The van der Waals surface area contributed by atoms with Gasteiger partial charge < -0.3 is 0 Å². The van der Waals surface area contributed by atoms with Crippen molar-refractivity contribution >= 4 is 0 Å². The minimum atomic E-state index is -0.281. The molecule has 0 radical (unpaired) electrons. The second kappa shape index (κ2) is 5.79. The molecule has 3 heteroatoms. The number of pyridine rings is 2. The Morgan fingerprint density at radius 2 is 1.68 bits per heavy atom. The van der Waals surface area contributed by atoms with Crippen molar-refractivity contribution in [2.45, 2.75) is 58.8 Å². The van der Waals surface area contributed by atoms with Crippen LogP contribution in [0.5, 0.6) is 0 Å². The molecule has 0 fully saturated rings. The number of nitrogens with zero attached hydrogens (tertiary/aromatic N) is 2. The van der Waals surface area contributed by atoms with Crippen molar-refractivity contribution in [3.05, 3.63) is 58.9 Å². The van der Waals surface area contributed by atoms with Crippen LogP contribution in [-0.4, -0.2) is 9.97 Å². The lowest BCUT2D eigenvalue weighted by Gasteiger charge is -2.25. The highest BCUT2D eigenvalue weighted by Crippen LogP contribution is 2.28. The summed E-state index contributed by atoms with van der Waals surface area (Å²) in [7, 11) is 0. The molecule has 2 nitrogen and oxygen atoms in total. The summed E-state index contributed by atoms with van der Waals surface area (Å²) in [4.78, 5) is 8.86. The highest BCUT2D eigenvalue weighted by Gasteiger charge is 2.25. The minimum Gasteiger partial charge on any atom is -0.260 e. The molecule has 0 aliphatic carbocycles. The zero-order valence-corrected chi connectivity index (χ0v) is 14.4. The van der Waals surface area contributed by atoms with Gasteiger partial charge >= 0.3 is 0 Å². The van der Waals surface area contributed by atoms with Gasteiger partial charge in [0.05, 0.1) is 5.69 Å². The topological polar surface area (TPSA) is 25.8 Å². The molecule has 0 bridgehead atoms. The Kier molecular flexibility index (Phi) is 4.37. The number of hydrogen-bond acceptors (Lipinski definition) is 2. The minimum absolute atomic E-state index is 0.162. The second-order valence-electron chi connectivity index (χ2n) is 7.71. The van der Waals surface area contributed by atoms with Crippen molar-refractivity contribution in [1.82, 2.24) is 9.97 Å². The maximum Gasteiger partial charge on any atom is 0.145 e. The van der Waals surface area contributed by atoms with E-state index in [4.69, 9.17) is 0 Å². The van der Waals surface area contributed by atoms with Crippen LogP contribution >= 0.6 is 0 Å². The van der Waals surface area contributed by atoms with Gasteiger partial charge in [-0.15, -0.1) is 0 Å². The fourth-order valence-corrected chi connectivity index (χ4v) is 2.60. The van der Waals surface area contributed by atoms with Gasteiger partial charge in [0.25, 0.3) is 0 Å². The van der Waals surface area contributed by atoms with Crippen LogP contribution in [0.3, 0.4) is 0 Å². The van der Waals surface area contributed by atoms with Gasteiger partial charge in [0.15, 0.2) is 0 Å². The van der Waals surface area contributed by atoms with Crippen molar-refractivity contribution in [1.29, 1.82) is 0 Å². The first-order chi connectivity index (χ1) is 10.1. The molecule has 0 spiro atoms. The number of rotatable bonds is 3. The van der Waals surface area contributed by atoms with Crippen LogP contribution in [0, 0.1) is 12.7 Å². The average Bonchev–Trinajstić information content (AvgIpc) is 2.37. The highest BCUT2D eigenvalue weighted by atomic mass is 19.1. The molecule has 0 saturated carbocycles. The van der Waals surface area contributed by atoms with Crippen molar-refractivity contribution in [3.8, 4) is 0 Å². The molecular formula is C19H25FN2. The van der Waals surface area contributed by atoms with Gasteiger partial charge in [-0.2, -0.15) is 0 Å². The molecular weight excluding hydrogens is 275 g/mol. The lowest BCUT2D eigenvalue weighted by atomic mass is 9.82. The molecule has 0 saturated heterocycles. The molecule has 0 aliphatic heterocycles. The summed E-state index contributed by atoms with van der Waals surface area (Å²) in [5, 5.41) is 0. The Morgan fingerprint density at radius 3 is 2.18 bits per heavy atom. The zero-order valence-electron chi connectivity index (χ0n) is 14.4. The van der Waals surface area contributed by atoms with E-state index in [9.17, 15) is 4.39 Å². The van der Waals surface area contributed by atoms with E-state index >= 15 is 0 Å². The Balaban J connectivity index is 2.26. The van der Waals surface area contributed by atoms with E-state index in [-0.39, 0.29) is 16.6 Å². The molecule has 2 rings (SSSR count). The summed E-state index contributed by atoms with van der Waals surface area (Å²) in [6.07, 6.45) is 4.37. The van der Waals surface area contributed by atoms with E-state index in [0.29, 0.717) is 12.1 Å². The van der Waals surface area contributed by atoms with E-state index in [0.717, 1.165) is 16.8 Å². The summed E-state index contributed by atoms with van der Waals surface area (Å²) >= 11 is 0. The van der Waals surface area contributed by atoms with Crippen molar-refractivity contribution in [2.24, 2.45) is 0 Å². The summed E-state index contributed by atoms with van der Waals surface area (Å²) < 4.78 is 14.3. The third kappa shape index (κ3) is 3.70. The van der Waals surface area contributed by atoms with Gasteiger partial charge in [-0.3, -0.25) is 9.97 Å². The van der Waals surface area contributed by atoms with Crippen LogP contribution in [0.2, 0.25) is 0 Å². The number of aromatic nitrogens is 2. The van der Waals surface area contributed by atoms with Crippen LogP contribution in [-0.2, 0) is 17.3 Å². The second-order valence-corrected chi connectivity index (χ2v) is 7.71. The van der Waals surface area contributed by atoms with Crippen LogP contribution in [0.25, 0.3) is 0 Å². The SMILES string of the molecule is Cc1ccc(C(C)(C)Cc2cnc(C(C)(C)C)c(F)c2)nc1. The third-order valence-corrected chi connectivity index (χ3v) is 3.86. The Bertz CT molecular complexity index is 652. The molecule has 0 N–H and O–H groups in total. The maximum absolute atomic E-state index is 14.3. The average molecular weight is 300 g/mol. The quantitative estimate of drug-likeness (QED) is 0.818. The number of aryl methyl sites for hydroxylation is 1. The van der Waals surface area contributed by atoms with Crippen LogP contribution in [0.1, 0.15) is 57.1 Å². The van der Waals surface area contributed by atoms with E-state index < -0.39 is 0 Å². The lowest BCUT2D eigenvalue weighted by Crippen LogP contribution is -2.23. The molecule has 22 heavy (non-hydrogen) atoms. The first-order valence-corrected chi connectivity index (χ1v) is 7.68. The van der Waals surface area contributed by atoms with Gasteiger partial charge in [0, 0.05) is 28.9 Å². The molecule has 2 heterocycles. The van der Waals surface area contributed by atoms with Gasteiger partial charge in [0.2, 0.25) is 0 Å². The predicted octanol–water partition coefficient (Wildman–Crippen LogP) is 4.74. The van der Waals surface area contributed by atoms with Crippen molar-refractivity contribution < 1.29 is 4.39 Å². The van der Waals surface area contributed by atoms with Crippen LogP contribution in [0.15, 0.2) is 30.6 Å². The van der Waals surface area contributed by atoms with E-state index in [1.165, 1.54) is 0 Å². The molecule has 0 amide bonds.